The van der Waals surface area contributed by atoms with Crippen molar-refractivity contribution in [2.75, 3.05) is 24.5 Å². The molecule has 2 amide bonds. The highest BCUT2D eigenvalue weighted by Gasteiger charge is 2.38. The Morgan fingerprint density at radius 3 is 2.47 bits per heavy atom. The summed E-state index contributed by atoms with van der Waals surface area (Å²) in [6.45, 7) is 3.36. The summed E-state index contributed by atoms with van der Waals surface area (Å²) in [6, 6.07) is 14.3. The third kappa shape index (κ3) is 5.18. The molecule has 8 heteroatoms. The Kier molecular flexibility index (Phi) is 7.68. The van der Waals surface area contributed by atoms with Crippen LogP contribution >= 0.6 is 0 Å². The summed E-state index contributed by atoms with van der Waals surface area (Å²) in [4.78, 5) is 27.6. The smallest absolute Gasteiger partial charge is 0.243 e. The van der Waals surface area contributed by atoms with Crippen LogP contribution in [0.25, 0.3) is 0 Å². The predicted octanol–water partition coefficient (Wildman–Crippen LogP) is 3.28. The van der Waals surface area contributed by atoms with E-state index >= 15 is 0 Å². The molecule has 0 bridgehead atoms. The first-order valence-electron chi connectivity index (χ1n) is 12.2. The van der Waals surface area contributed by atoms with E-state index < -0.39 is 16.1 Å². The molecule has 1 N–H and O–H groups in total. The van der Waals surface area contributed by atoms with Gasteiger partial charge in [0.05, 0.1) is 4.90 Å². The number of anilines is 1. The van der Waals surface area contributed by atoms with E-state index in [2.05, 4.69) is 17.4 Å². The molecule has 0 saturated carbocycles. The maximum Gasteiger partial charge on any atom is 0.243 e. The van der Waals surface area contributed by atoms with Gasteiger partial charge in [0.15, 0.2) is 0 Å². The van der Waals surface area contributed by atoms with Crippen molar-refractivity contribution in [2.24, 2.45) is 0 Å². The van der Waals surface area contributed by atoms with Gasteiger partial charge in [-0.25, -0.2) is 8.42 Å². The fourth-order valence-corrected chi connectivity index (χ4v) is 6.37. The second-order valence-electron chi connectivity index (χ2n) is 8.97. The molecule has 1 saturated heterocycles. The van der Waals surface area contributed by atoms with Crippen LogP contribution in [-0.2, 0) is 32.5 Å². The molecule has 2 aliphatic rings. The zero-order valence-electron chi connectivity index (χ0n) is 19.7. The van der Waals surface area contributed by atoms with E-state index in [0.29, 0.717) is 31.7 Å². The van der Waals surface area contributed by atoms with Crippen LogP contribution in [0, 0.1) is 0 Å². The van der Waals surface area contributed by atoms with Crippen molar-refractivity contribution in [2.45, 2.75) is 62.8 Å². The molecule has 7 nitrogen and oxygen atoms in total. The minimum atomic E-state index is -3.58. The Morgan fingerprint density at radius 2 is 1.76 bits per heavy atom. The topological polar surface area (TPSA) is 86.8 Å². The molecule has 0 spiro atoms. The number of hydrogen-bond acceptors (Lipinski definition) is 4. The molecule has 1 unspecified atom stereocenters. The summed E-state index contributed by atoms with van der Waals surface area (Å²) in [6.07, 6.45) is 5.04. The van der Waals surface area contributed by atoms with Crippen LogP contribution in [0.3, 0.4) is 0 Å². The number of amides is 2. The molecule has 0 aromatic heterocycles. The zero-order valence-corrected chi connectivity index (χ0v) is 20.5. The SMILES string of the molecule is CCC(=O)N1c2ccc(S(=O)(=O)N3CCCCC3)cc2CC1C(=O)NCCCc1ccccc1. The van der Waals surface area contributed by atoms with E-state index in [0.717, 1.165) is 37.7 Å². The monoisotopic (exact) mass is 483 g/mol. The summed E-state index contributed by atoms with van der Waals surface area (Å²) < 4.78 is 27.8. The first kappa shape index (κ1) is 24.4. The van der Waals surface area contributed by atoms with Gasteiger partial charge in [0.25, 0.3) is 0 Å². The number of hydrogen-bond donors (Lipinski definition) is 1. The molecular weight excluding hydrogens is 450 g/mol. The van der Waals surface area contributed by atoms with E-state index in [1.54, 1.807) is 34.3 Å². The first-order valence-corrected chi connectivity index (χ1v) is 13.6. The number of nitrogens with one attached hydrogen (secondary N) is 1. The second-order valence-corrected chi connectivity index (χ2v) is 10.9. The summed E-state index contributed by atoms with van der Waals surface area (Å²) >= 11 is 0. The summed E-state index contributed by atoms with van der Waals surface area (Å²) in [7, 11) is -3.58. The van der Waals surface area contributed by atoms with E-state index in [9.17, 15) is 18.0 Å². The second kappa shape index (κ2) is 10.7. The van der Waals surface area contributed by atoms with Gasteiger partial charge in [-0.05, 0) is 55.0 Å². The molecule has 1 atom stereocenters. The van der Waals surface area contributed by atoms with Crippen LogP contribution in [0.1, 0.15) is 50.2 Å². The van der Waals surface area contributed by atoms with Gasteiger partial charge < -0.3 is 5.32 Å². The fourth-order valence-electron chi connectivity index (χ4n) is 4.80. The Bertz CT molecular complexity index is 1130. The lowest BCUT2D eigenvalue weighted by atomic mass is 10.1. The van der Waals surface area contributed by atoms with Crippen molar-refractivity contribution in [1.29, 1.82) is 0 Å². The third-order valence-corrected chi connectivity index (χ3v) is 8.54. The van der Waals surface area contributed by atoms with Gasteiger partial charge >= 0.3 is 0 Å². The number of sulfonamides is 1. The van der Waals surface area contributed by atoms with Crippen molar-refractivity contribution in [3.63, 3.8) is 0 Å². The van der Waals surface area contributed by atoms with Crippen molar-refractivity contribution >= 4 is 27.5 Å². The molecule has 182 valence electrons. The van der Waals surface area contributed by atoms with Gasteiger partial charge in [0.1, 0.15) is 6.04 Å². The van der Waals surface area contributed by atoms with Crippen molar-refractivity contribution in [1.82, 2.24) is 9.62 Å². The first-order chi connectivity index (χ1) is 16.4. The lowest BCUT2D eigenvalue weighted by Gasteiger charge is -2.26. The van der Waals surface area contributed by atoms with Gasteiger partial charge in [-0.3, -0.25) is 14.5 Å². The summed E-state index contributed by atoms with van der Waals surface area (Å²) in [5, 5.41) is 2.98. The van der Waals surface area contributed by atoms with Gasteiger partial charge in [-0.2, -0.15) is 4.31 Å². The lowest BCUT2D eigenvalue weighted by molar-refractivity contribution is -0.126. The van der Waals surface area contributed by atoms with Crippen molar-refractivity contribution in [3.05, 3.63) is 59.7 Å². The highest BCUT2D eigenvalue weighted by Crippen LogP contribution is 2.35. The molecule has 2 aromatic carbocycles. The molecule has 4 rings (SSSR count). The van der Waals surface area contributed by atoms with Crippen LogP contribution in [0.5, 0.6) is 0 Å². The van der Waals surface area contributed by atoms with Gasteiger partial charge in [-0.1, -0.05) is 43.7 Å². The van der Waals surface area contributed by atoms with E-state index in [4.69, 9.17) is 0 Å². The molecule has 2 aliphatic heterocycles. The molecule has 0 aliphatic carbocycles. The fraction of sp³-hybridized carbons (Fsp3) is 0.462. The normalized spacial score (nSPS) is 18.5. The van der Waals surface area contributed by atoms with Crippen molar-refractivity contribution < 1.29 is 18.0 Å². The highest BCUT2D eigenvalue weighted by atomic mass is 32.2. The molecule has 34 heavy (non-hydrogen) atoms. The standard InChI is InChI=1S/C26H33N3O4S/c1-2-25(30)29-23-14-13-22(34(32,33)28-16-7-4-8-17-28)18-21(23)19-24(29)26(31)27-15-9-12-20-10-5-3-6-11-20/h3,5-6,10-11,13-14,18,24H,2,4,7-9,12,15-17,19H2,1H3,(H,27,31). The van der Waals surface area contributed by atoms with Crippen LogP contribution in [0.15, 0.2) is 53.4 Å². The predicted molar refractivity (Wildman–Crippen MR) is 132 cm³/mol. The lowest BCUT2D eigenvalue weighted by Crippen LogP contribution is -2.48. The van der Waals surface area contributed by atoms with Crippen LogP contribution in [-0.4, -0.2) is 50.2 Å². The van der Waals surface area contributed by atoms with Gasteiger partial charge in [-0.15, -0.1) is 0 Å². The number of rotatable bonds is 8. The number of carbonyl (C=O) groups is 2. The number of fused-ring (bicyclic) bond motifs is 1. The minimum absolute atomic E-state index is 0.144. The van der Waals surface area contributed by atoms with Crippen LogP contribution in [0.4, 0.5) is 5.69 Å². The number of piperidine rings is 1. The maximum atomic E-state index is 13.1. The molecular formula is C26H33N3O4S. The van der Waals surface area contributed by atoms with Crippen LogP contribution in [0.2, 0.25) is 0 Å². The maximum absolute atomic E-state index is 13.1. The minimum Gasteiger partial charge on any atom is -0.354 e. The number of carbonyl (C=O) groups excluding carboxylic acids is 2. The van der Waals surface area contributed by atoms with E-state index in [1.165, 1.54) is 5.56 Å². The van der Waals surface area contributed by atoms with Gasteiger partial charge in [0, 0.05) is 38.2 Å². The molecule has 0 radical (unpaired) electrons. The van der Waals surface area contributed by atoms with Gasteiger partial charge in [0.2, 0.25) is 21.8 Å². The average Bonchev–Trinajstić information content (AvgIpc) is 3.26. The van der Waals surface area contributed by atoms with E-state index in [-0.39, 0.29) is 23.1 Å². The number of benzene rings is 2. The molecule has 2 aromatic rings. The Labute approximate surface area is 202 Å². The van der Waals surface area contributed by atoms with Crippen LogP contribution < -0.4 is 10.2 Å². The number of aryl methyl sites for hydroxylation is 1. The Balaban J connectivity index is 1.47. The number of nitrogens with zero attached hydrogens (tertiary/aromatic N) is 2. The molecule has 2 heterocycles. The summed E-state index contributed by atoms with van der Waals surface area (Å²) in [5.74, 6) is -0.346. The van der Waals surface area contributed by atoms with Crippen molar-refractivity contribution in [3.8, 4) is 0 Å². The molecule has 1 fully saturated rings. The Hall–Kier alpha value is -2.71. The quantitative estimate of drug-likeness (QED) is 0.584. The Morgan fingerprint density at radius 1 is 1.03 bits per heavy atom. The van der Waals surface area contributed by atoms with E-state index in [1.807, 2.05) is 18.2 Å². The highest BCUT2D eigenvalue weighted by molar-refractivity contribution is 7.89. The average molecular weight is 484 g/mol. The summed E-state index contributed by atoms with van der Waals surface area (Å²) in [5.41, 5.74) is 2.58. The largest absolute Gasteiger partial charge is 0.354 e. The third-order valence-electron chi connectivity index (χ3n) is 6.65. The zero-order chi connectivity index (χ0) is 24.1.